The summed E-state index contributed by atoms with van der Waals surface area (Å²) in [4.78, 5) is 28.1. The molecule has 0 saturated carbocycles. The lowest BCUT2D eigenvalue weighted by atomic mass is 9.77. The first-order chi connectivity index (χ1) is 18.0. The molecule has 4 rings (SSSR count). The molecule has 2 aromatic carbocycles. The number of hydrogen-bond acceptors (Lipinski definition) is 7. The molecule has 0 bridgehead atoms. The molecule has 4 unspecified atom stereocenters. The van der Waals surface area contributed by atoms with E-state index in [2.05, 4.69) is 5.32 Å². The number of amides is 2. The molecule has 0 radical (unpaired) electrons. The first-order valence-corrected chi connectivity index (χ1v) is 12.5. The number of carbonyl (C=O) groups is 2. The van der Waals surface area contributed by atoms with Crippen LogP contribution in [0, 0.1) is 0 Å². The second kappa shape index (κ2) is 12.2. The van der Waals surface area contributed by atoms with Crippen molar-refractivity contribution in [1.29, 1.82) is 0 Å². The number of benzene rings is 2. The van der Waals surface area contributed by atoms with Gasteiger partial charge >= 0.3 is 0 Å². The second-order valence-electron chi connectivity index (χ2n) is 8.97. The van der Waals surface area contributed by atoms with Gasteiger partial charge < -0.3 is 34.6 Å². The Bertz CT molecular complexity index is 1140. The second-order valence-corrected chi connectivity index (χ2v) is 8.97. The molecule has 2 aliphatic rings. The zero-order valence-corrected chi connectivity index (χ0v) is 21.1. The van der Waals surface area contributed by atoms with Crippen molar-refractivity contribution in [3.63, 3.8) is 0 Å². The lowest BCUT2D eigenvalue weighted by Crippen LogP contribution is -2.56. The van der Waals surface area contributed by atoms with E-state index in [9.17, 15) is 19.8 Å². The van der Waals surface area contributed by atoms with Gasteiger partial charge in [-0.3, -0.25) is 9.59 Å². The summed E-state index contributed by atoms with van der Waals surface area (Å²) in [6, 6.07) is 14.1. The van der Waals surface area contributed by atoms with Crippen molar-refractivity contribution in [1.82, 2.24) is 10.2 Å². The van der Waals surface area contributed by atoms with Crippen molar-refractivity contribution in [2.45, 2.75) is 37.5 Å². The molecule has 9 heteroatoms. The maximum Gasteiger partial charge on any atom is 0.249 e. The van der Waals surface area contributed by atoms with Crippen LogP contribution in [-0.2, 0) is 20.7 Å². The Morgan fingerprint density at radius 3 is 2.65 bits per heavy atom. The summed E-state index contributed by atoms with van der Waals surface area (Å²) in [7, 11) is 1.59. The number of para-hydroxylation sites is 2. The average Bonchev–Trinajstić information content (AvgIpc) is 3.32. The van der Waals surface area contributed by atoms with Crippen LogP contribution in [0.25, 0.3) is 0 Å². The van der Waals surface area contributed by atoms with Crippen LogP contribution in [0.3, 0.4) is 0 Å². The Hall–Kier alpha value is -3.40. The number of methoxy groups -OCH3 is 1. The summed E-state index contributed by atoms with van der Waals surface area (Å²) in [5, 5.41) is 23.5. The van der Waals surface area contributed by atoms with Crippen molar-refractivity contribution < 1.29 is 34.0 Å². The van der Waals surface area contributed by atoms with Crippen molar-refractivity contribution in [3.8, 4) is 11.5 Å². The van der Waals surface area contributed by atoms with Crippen LogP contribution < -0.4 is 14.8 Å². The first kappa shape index (κ1) is 26.7. The number of aliphatic hydroxyl groups excluding tert-OH is 2. The molecule has 0 saturated heterocycles. The zero-order valence-electron chi connectivity index (χ0n) is 21.1. The maximum atomic E-state index is 13.3. The predicted octanol–water partition coefficient (Wildman–Crippen LogP) is 1.43. The fourth-order valence-corrected chi connectivity index (χ4v) is 5.05. The molecule has 9 nitrogen and oxygen atoms in total. The Kier molecular flexibility index (Phi) is 8.81. The Balaban J connectivity index is 1.70. The molecule has 2 amide bonds. The van der Waals surface area contributed by atoms with Gasteiger partial charge in [-0.15, -0.1) is 0 Å². The number of carbonyl (C=O) groups excluding carboxylic acids is 2. The molecule has 1 aliphatic heterocycles. The van der Waals surface area contributed by atoms with Gasteiger partial charge in [0.15, 0.2) is 0 Å². The maximum absolute atomic E-state index is 13.3. The van der Waals surface area contributed by atoms with Gasteiger partial charge in [0, 0.05) is 30.8 Å². The summed E-state index contributed by atoms with van der Waals surface area (Å²) < 4.78 is 17.0. The molecule has 198 valence electrons. The quantitative estimate of drug-likeness (QED) is 0.419. The molecule has 3 N–H and O–H groups in total. The molecule has 0 aromatic heterocycles. The number of fused-ring (bicyclic) bond motifs is 3. The monoisotopic (exact) mass is 510 g/mol. The third-order valence-electron chi connectivity index (χ3n) is 6.80. The highest BCUT2D eigenvalue weighted by atomic mass is 16.5. The number of hydrogen-bond donors (Lipinski definition) is 3. The molecular formula is C28H34N2O7. The Morgan fingerprint density at radius 2 is 1.89 bits per heavy atom. The van der Waals surface area contributed by atoms with Gasteiger partial charge in [0.25, 0.3) is 0 Å². The van der Waals surface area contributed by atoms with E-state index < -0.39 is 24.2 Å². The summed E-state index contributed by atoms with van der Waals surface area (Å²) in [6.07, 6.45) is 0.293. The SMILES string of the molecule is CCOCC(=O)N(CCc1ccccc1OC)C1C=C(C(=O)NCCO)C2c3ccccc3OC2C1O. The van der Waals surface area contributed by atoms with Crippen molar-refractivity contribution in [2.24, 2.45) is 0 Å². The van der Waals surface area contributed by atoms with E-state index in [1.54, 1.807) is 31.1 Å². The third kappa shape index (κ3) is 5.64. The molecule has 1 heterocycles. The normalized spacial score (nSPS) is 21.8. The lowest BCUT2D eigenvalue weighted by molar-refractivity contribution is -0.141. The van der Waals surface area contributed by atoms with Gasteiger partial charge in [0.05, 0.1) is 25.7 Å². The standard InChI is InChI=1S/C28H34N2O7/c1-3-36-17-24(32)30(14-12-18-8-4-6-10-22(18)35-2)21-16-20(28(34)29-13-15-31)25-19-9-5-7-11-23(19)37-27(25)26(21)33/h4-11,16,21,25-27,31,33H,3,12-15,17H2,1-2H3,(H,29,34). The molecule has 0 spiro atoms. The minimum atomic E-state index is -1.09. The minimum absolute atomic E-state index is 0.0874. The van der Waals surface area contributed by atoms with E-state index in [1.165, 1.54) is 0 Å². The summed E-state index contributed by atoms with van der Waals surface area (Å²) in [6.45, 7) is 2.17. The molecule has 2 aromatic rings. The average molecular weight is 511 g/mol. The van der Waals surface area contributed by atoms with Crippen LogP contribution >= 0.6 is 0 Å². The minimum Gasteiger partial charge on any atom is -0.496 e. The molecule has 4 atom stereocenters. The van der Waals surface area contributed by atoms with E-state index in [-0.39, 0.29) is 38.1 Å². The zero-order chi connectivity index (χ0) is 26.4. The van der Waals surface area contributed by atoms with Crippen LogP contribution in [0.2, 0.25) is 0 Å². The Labute approximate surface area is 216 Å². The predicted molar refractivity (Wildman–Crippen MR) is 136 cm³/mol. The van der Waals surface area contributed by atoms with E-state index in [4.69, 9.17) is 14.2 Å². The van der Waals surface area contributed by atoms with Gasteiger partial charge in [0.2, 0.25) is 11.8 Å². The van der Waals surface area contributed by atoms with Crippen molar-refractivity contribution >= 4 is 11.8 Å². The number of rotatable bonds is 11. The van der Waals surface area contributed by atoms with Gasteiger partial charge in [-0.1, -0.05) is 36.4 Å². The van der Waals surface area contributed by atoms with Crippen LogP contribution in [0.5, 0.6) is 11.5 Å². The van der Waals surface area contributed by atoms with Gasteiger partial charge in [-0.05, 0) is 37.1 Å². The lowest BCUT2D eigenvalue weighted by Gasteiger charge is -2.40. The van der Waals surface area contributed by atoms with Crippen LogP contribution in [0.15, 0.2) is 60.2 Å². The topological polar surface area (TPSA) is 118 Å². The van der Waals surface area contributed by atoms with Crippen molar-refractivity contribution in [2.75, 3.05) is 40.0 Å². The number of ether oxygens (including phenoxy) is 3. The molecule has 37 heavy (non-hydrogen) atoms. The highest BCUT2D eigenvalue weighted by molar-refractivity contribution is 5.96. The van der Waals surface area contributed by atoms with Crippen molar-refractivity contribution in [3.05, 3.63) is 71.3 Å². The highest BCUT2D eigenvalue weighted by Crippen LogP contribution is 2.47. The smallest absolute Gasteiger partial charge is 0.249 e. The van der Waals surface area contributed by atoms with Crippen LogP contribution in [-0.4, -0.2) is 85.2 Å². The summed E-state index contributed by atoms with van der Waals surface area (Å²) >= 11 is 0. The van der Waals surface area contributed by atoms with E-state index in [0.29, 0.717) is 30.1 Å². The van der Waals surface area contributed by atoms with Gasteiger partial charge in [0.1, 0.15) is 30.3 Å². The number of nitrogens with one attached hydrogen (secondary N) is 1. The molecular weight excluding hydrogens is 476 g/mol. The van der Waals surface area contributed by atoms with Gasteiger partial charge in [-0.2, -0.15) is 0 Å². The third-order valence-corrected chi connectivity index (χ3v) is 6.80. The summed E-state index contributed by atoms with van der Waals surface area (Å²) in [5.74, 6) is 0.126. The molecule has 1 aliphatic carbocycles. The number of aliphatic hydroxyl groups is 2. The van der Waals surface area contributed by atoms with Crippen LogP contribution in [0.4, 0.5) is 0 Å². The first-order valence-electron chi connectivity index (χ1n) is 12.5. The fraction of sp³-hybridized carbons (Fsp3) is 0.429. The summed E-state index contributed by atoms with van der Waals surface area (Å²) in [5.41, 5.74) is 2.11. The number of nitrogens with zero attached hydrogens (tertiary/aromatic N) is 1. The van der Waals surface area contributed by atoms with E-state index >= 15 is 0 Å². The molecule has 0 fully saturated rings. The largest absolute Gasteiger partial charge is 0.496 e. The fourth-order valence-electron chi connectivity index (χ4n) is 5.05. The van der Waals surface area contributed by atoms with Gasteiger partial charge in [-0.25, -0.2) is 0 Å². The van der Waals surface area contributed by atoms with E-state index in [1.807, 2.05) is 42.5 Å². The Morgan fingerprint density at radius 1 is 1.14 bits per heavy atom. The van der Waals surface area contributed by atoms with E-state index in [0.717, 1.165) is 11.1 Å². The van der Waals surface area contributed by atoms with Crippen LogP contribution in [0.1, 0.15) is 24.0 Å². The highest BCUT2D eigenvalue weighted by Gasteiger charge is 2.50.